The third kappa shape index (κ3) is 21.2. The van der Waals surface area contributed by atoms with E-state index >= 15 is 0 Å². The van der Waals surface area contributed by atoms with E-state index < -0.39 is 0 Å². The molecule has 0 saturated heterocycles. The van der Waals surface area contributed by atoms with Crippen LogP contribution in [0.2, 0.25) is 6.04 Å². The van der Waals surface area contributed by atoms with Crippen LogP contribution in [0.5, 0.6) is 0 Å². The van der Waals surface area contributed by atoms with Gasteiger partial charge in [0.2, 0.25) is 0 Å². The minimum absolute atomic E-state index is 0.0235. The van der Waals surface area contributed by atoms with Gasteiger partial charge in [0.25, 0.3) is 0 Å². The maximum atomic E-state index is 11.1. The van der Waals surface area contributed by atoms with Gasteiger partial charge in [0.05, 0.1) is 17.2 Å². The molecule has 0 amide bonds. The second kappa shape index (κ2) is 20.6. The average Bonchev–Trinajstić information content (AvgIpc) is 2.60. The first kappa shape index (κ1) is 26.9. The Morgan fingerprint density at radius 2 is 1.31 bits per heavy atom. The highest BCUT2D eigenvalue weighted by atomic mass is 127. The van der Waals surface area contributed by atoms with Crippen LogP contribution in [-0.2, 0) is 9.53 Å². The van der Waals surface area contributed by atoms with Crippen LogP contribution in [0, 0.1) is 0 Å². The third-order valence-electron chi connectivity index (χ3n) is 4.57. The molecule has 0 fully saturated rings. The summed E-state index contributed by atoms with van der Waals surface area (Å²) in [6.07, 6.45) is 20.2. The number of hydrogen-bond donors (Lipinski definition) is 0. The first-order valence-corrected chi connectivity index (χ1v) is 14.2. The lowest BCUT2D eigenvalue weighted by Crippen LogP contribution is -2.12. The minimum atomic E-state index is -0.302. The molecular formula is C21H38I2O2Si. The number of alkyl halides is 2. The van der Waals surface area contributed by atoms with E-state index in [4.69, 9.17) is 4.74 Å². The van der Waals surface area contributed by atoms with E-state index in [9.17, 15) is 4.79 Å². The molecular weight excluding hydrogens is 566 g/mol. The van der Waals surface area contributed by atoms with Gasteiger partial charge in [-0.05, 0) is 19.8 Å². The highest BCUT2D eigenvalue weighted by Gasteiger charge is 2.05. The van der Waals surface area contributed by atoms with E-state index in [1.807, 2.05) is 6.92 Å². The summed E-state index contributed by atoms with van der Waals surface area (Å²) in [5.41, 5.74) is 0. The zero-order chi connectivity index (χ0) is 19.5. The fourth-order valence-electron chi connectivity index (χ4n) is 3.02. The van der Waals surface area contributed by atoms with Crippen molar-refractivity contribution >= 4 is 60.7 Å². The van der Waals surface area contributed by atoms with Gasteiger partial charge in [-0.3, -0.25) is 0 Å². The van der Waals surface area contributed by atoms with Crippen LogP contribution in [0.1, 0.15) is 96.8 Å². The van der Waals surface area contributed by atoms with Gasteiger partial charge in [0.15, 0.2) is 0 Å². The van der Waals surface area contributed by atoms with Crippen molar-refractivity contribution in [3.05, 3.63) is 12.7 Å². The monoisotopic (exact) mass is 604 g/mol. The van der Waals surface area contributed by atoms with Gasteiger partial charge in [0.1, 0.15) is 0 Å². The maximum absolute atomic E-state index is 11.1. The van der Waals surface area contributed by atoms with Crippen molar-refractivity contribution in [3.8, 4) is 0 Å². The van der Waals surface area contributed by atoms with Crippen molar-refractivity contribution < 1.29 is 9.53 Å². The number of ether oxygens (including phenoxy) is 1. The summed E-state index contributed by atoms with van der Waals surface area (Å²) in [7, 11) is 1.15. The van der Waals surface area contributed by atoms with Gasteiger partial charge in [-0.15, -0.1) is 0 Å². The molecule has 1 atom stereocenters. The summed E-state index contributed by atoms with van der Waals surface area (Å²) >= 11 is 5.06. The topological polar surface area (TPSA) is 26.3 Å². The second-order valence-corrected chi connectivity index (χ2v) is 15.8. The van der Waals surface area contributed by atoms with Gasteiger partial charge >= 0.3 is 5.97 Å². The first-order valence-electron chi connectivity index (χ1n) is 10.4. The van der Waals surface area contributed by atoms with Crippen LogP contribution in [0.3, 0.4) is 0 Å². The number of unbranched alkanes of at least 4 members (excludes halogenated alkanes) is 12. The predicted octanol–water partition coefficient (Wildman–Crippen LogP) is 7.84. The van der Waals surface area contributed by atoms with Crippen LogP contribution in [0.4, 0.5) is 0 Å². The standard InChI is InChI=1S/C21H38I2O2Si/c1-3-20(24)25-19(2)17-15-13-11-9-7-5-4-6-8-10-12-14-16-18-26-21(22)23/h3,19,21H,1,4-18H2,2H3. The molecule has 0 rings (SSSR count). The first-order chi connectivity index (χ1) is 12.6. The number of carbonyl (C=O) groups is 1. The Labute approximate surface area is 192 Å². The van der Waals surface area contributed by atoms with Crippen molar-refractivity contribution in [3.63, 3.8) is 0 Å². The molecule has 0 bridgehead atoms. The fraction of sp³-hybridized carbons (Fsp3) is 0.857. The number of rotatable bonds is 19. The Hall–Kier alpha value is 0.887. The number of esters is 1. The quantitative estimate of drug-likeness (QED) is 0.0375. The fourth-order valence-corrected chi connectivity index (χ4v) is 5.56. The molecule has 0 aromatic carbocycles. The molecule has 0 spiro atoms. The highest BCUT2D eigenvalue weighted by Crippen LogP contribution is 2.15. The number of hydrogen-bond acceptors (Lipinski definition) is 2. The largest absolute Gasteiger partial charge is 0.460 e. The summed E-state index contributed by atoms with van der Waals surface area (Å²) < 4.78 is 6.01. The summed E-state index contributed by atoms with van der Waals surface area (Å²) in [4.78, 5) is 11.1. The molecule has 0 N–H and O–H groups in total. The third-order valence-corrected chi connectivity index (χ3v) is 8.16. The molecule has 0 aliphatic carbocycles. The molecule has 0 saturated carbocycles. The van der Waals surface area contributed by atoms with E-state index in [0.29, 0.717) is 0 Å². The molecule has 1 unspecified atom stereocenters. The number of halogens is 2. The van der Waals surface area contributed by atoms with Crippen LogP contribution >= 0.6 is 45.2 Å². The van der Waals surface area contributed by atoms with Crippen LogP contribution < -0.4 is 0 Å². The Morgan fingerprint density at radius 1 is 0.885 bits per heavy atom. The molecule has 0 aromatic heterocycles. The van der Waals surface area contributed by atoms with E-state index in [2.05, 4.69) is 51.8 Å². The molecule has 0 heterocycles. The Morgan fingerprint density at radius 3 is 1.73 bits per heavy atom. The average molecular weight is 604 g/mol. The van der Waals surface area contributed by atoms with Crippen LogP contribution in [-0.4, -0.2) is 23.1 Å². The van der Waals surface area contributed by atoms with Crippen LogP contribution in [0.15, 0.2) is 12.7 Å². The van der Waals surface area contributed by atoms with E-state index in [1.165, 1.54) is 89.2 Å². The van der Waals surface area contributed by atoms with Gasteiger partial charge in [-0.2, -0.15) is 0 Å². The second-order valence-electron chi connectivity index (χ2n) is 7.09. The molecule has 26 heavy (non-hydrogen) atoms. The van der Waals surface area contributed by atoms with Gasteiger partial charge in [0, 0.05) is 6.08 Å². The normalized spacial score (nSPS) is 12.3. The lowest BCUT2D eigenvalue weighted by atomic mass is 10.0. The summed E-state index contributed by atoms with van der Waals surface area (Å²) in [6, 6.07) is 1.44. The lowest BCUT2D eigenvalue weighted by molar-refractivity contribution is -0.142. The van der Waals surface area contributed by atoms with Crippen molar-refractivity contribution in [2.45, 2.75) is 111 Å². The predicted molar refractivity (Wildman–Crippen MR) is 133 cm³/mol. The van der Waals surface area contributed by atoms with Gasteiger partial charge in [-0.1, -0.05) is 135 Å². The molecule has 2 nitrogen and oxygen atoms in total. The van der Waals surface area contributed by atoms with Crippen molar-refractivity contribution in [2.75, 3.05) is 0 Å². The van der Waals surface area contributed by atoms with Crippen molar-refractivity contribution in [1.82, 2.24) is 0 Å². The summed E-state index contributed by atoms with van der Waals surface area (Å²) in [6.45, 7) is 5.39. The molecule has 0 aliphatic heterocycles. The van der Waals surface area contributed by atoms with Crippen LogP contribution in [0.25, 0.3) is 0 Å². The maximum Gasteiger partial charge on any atom is 0.330 e. The van der Waals surface area contributed by atoms with Gasteiger partial charge < -0.3 is 4.74 Å². The minimum Gasteiger partial charge on any atom is -0.460 e. The molecule has 152 valence electrons. The highest BCUT2D eigenvalue weighted by molar-refractivity contribution is 14.2. The summed E-state index contributed by atoms with van der Waals surface area (Å²) in [5, 5.41) is 0. The molecule has 0 aliphatic rings. The SMILES string of the molecule is C=CC(=O)OC(C)CCCCCCCCCCCCCCC[Si]C(I)I. The smallest absolute Gasteiger partial charge is 0.330 e. The van der Waals surface area contributed by atoms with Gasteiger partial charge in [-0.25, -0.2) is 4.79 Å². The Balaban J connectivity index is 3.13. The molecule has 5 heteroatoms. The lowest BCUT2D eigenvalue weighted by Gasteiger charge is -2.11. The Bertz CT molecular complexity index is 338. The molecule has 2 radical (unpaired) electrons. The Kier molecular flexibility index (Phi) is 21.3. The summed E-state index contributed by atoms with van der Waals surface area (Å²) in [5.74, 6) is -0.302. The van der Waals surface area contributed by atoms with E-state index in [1.54, 1.807) is 0 Å². The zero-order valence-corrected chi connectivity index (χ0v) is 21.9. The number of carbonyl (C=O) groups excluding carboxylic acids is 1. The van der Waals surface area contributed by atoms with Crippen molar-refractivity contribution in [2.24, 2.45) is 0 Å². The van der Waals surface area contributed by atoms with E-state index in [-0.39, 0.29) is 12.1 Å². The molecule has 0 aromatic rings. The zero-order valence-electron chi connectivity index (χ0n) is 16.6. The van der Waals surface area contributed by atoms with E-state index in [0.717, 1.165) is 23.9 Å². The van der Waals surface area contributed by atoms with Crippen molar-refractivity contribution in [1.29, 1.82) is 0 Å².